The molecule has 0 fully saturated rings. The molecule has 2 heterocycles. The number of nitrogens with one attached hydrogen (secondary N) is 2. The maximum atomic E-state index is 11.8. The average molecular weight is 272 g/mol. The maximum absolute atomic E-state index is 11.8. The molecule has 5 nitrogen and oxygen atoms in total. The Morgan fingerprint density at radius 1 is 1.15 bits per heavy atom. The molecule has 5 heteroatoms. The minimum Gasteiger partial charge on any atom is -0.440 e. The Labute approximate surface area is 115 Å². The van der Waals surface area contributed by atoms with Crippen LogP contribution >= 0.6 is 0 Å². The lowest BCUT2D eigenvalue weighted by molar-refractivity contribution is 0.434. The van der Waals surface area contributed by atoms with Crippen molar-refractivity contribution in [3.8, 4) is 11.6 Å². The van der Waals surface area contributed by atoms with E-state index in [1.165, 1.54) is 5.56 Å². The van der Waals surface area contributed by atoms with Gasteiger partial charge in [0.25, 0.3) is 5.56 Å². The van der Waals surface area contributed by atoms with Gasteiger partial charge in [0.1, 0.15) is 5.75 Å². The molecular formula is C15H16N2O3. The van der Waals surface area contributed by atoms with Gasteiger partial charge in [0, 0.05) is 6.42 Å². The van der Waals surface area contributed by atoms with E-state index < -0.39 is 11.2 Å². The lowest BCUT2D eigenvalue weighted by atomic mass is 9.85. The molecule has 1 aliphatic heterocycles. The first-order valence-corrected chi connectivity index (χ1v) is 6.51. The second-order valence-electron chi connectivity index (χ2n) is 6.07. The number of benzene rings is 1. The van der Waals surface area contributed by atoms with Crippen LogP contribution in [0.15, 0.2) is 27.8 Å². The van der Waals surface area contributed by atoms with E-state index in [-0.39, 0.29) is 11.3 Å². The zero-order chi connectivity index (χ0) is 14.5. The van der Waals surface area contributed by atoms with Crippen LogP contribution in [0.5, 0.6) is 11.6 Å². The number of ether oxygens (including phenoxy) is 1. The quantitative estimate of drug-likeness (QED) is 0.657. The molecule has 20 heavy (non-hydrogen) atoms. The number of hydrogen-bond acceptors (Lipinski definition) is 3. The van der Waals surface area contributed by atoms with Gasteiger partial charge < -0.3 is 4.74 Å². The molecule has 1 aromatic carbocycles. The van der Waals surface area contributed by atoms with Gasteiger partial charge in [-0.05, 0) is 22.6 Å². The number of hydrogen-bond donors (Lipinski definition) is 2. The van der Waals surface area contributed by atoms with Gasteiger partial charge in [-0.2, -0.15) is 0 Å². The largest absolute Gasteiger partial charge is 0.440 e. The molecule has 0 unspecified atom stereocenters. The molecule has 0 atom stereocenters. The first-order chi connectivity index (χ1) is 9.34. The van der Waals surface area contributed by atoms with Crippen LogP contribution in [-0.2, 0) is 11.8 Å². The summed E-state index contributed by atoms with van der Waals surface area (Å²) in [5.74, 6) is 0.932. The normalized spacial score (nSPS) is 13.3. The third-order valence-electron chi connectivity index (χ3n) is 3.51. The summed E-state index contributed by atoms with van der Waals surface area (Å²) in [6, 6.07) is 5.95. The number of aromatic amines is 2. The van der Waals surface area contributed by atoms with Gasteiger partial charge >= 0.3 is 5.69 Å². The summed E-state index contributed by atoms with van der Waals surface area (Å²) < 4.78 is 5.63. The Hall–Kier alpha value is -2.30. The highest BCUT2D eigenvalue weighted by Crippen LogP contribution is 2.35. The summed E-state index contributed by atoms with van der Waals surface area (Å²) in [4.78, 5) is 27.8. The van der Waals surface area contributed by atoms with E-state index >= 15 is 0 Å². The van der Waals surface area contributed by atoms with Crippen molar-refractivity contribution < 1.29 is 4.74 Å². The van der Waals surface area contributed by atoms with Crippen molar-refractivity contribution in [1.82, 2.24) is 9.97 Å². The third-order valence-corrected chi connectivity index (χ3v) is 3.51. The van der Waals surface area contributed by atoms with Crippen molar-refractivity contribution in [3.05, 3.63) is 55.7 Å². The lowest BCUT2D eigenvalue weighted by Crippen LogP contribution is -2.28. The molecule has 0 radical (unpaired) electrons. The smallest absolute Gasteiger partial charge is 0.328 e. The molecule has 2 aromatic rings. The van der Waals surface area contributed by atoms with Crippen molar-refractivity contribution in [1.29, 1.82) is 0 Å². The van der Waals surface area contributed by atoms with E-state index in [0.29, 0.717) is 17.7 Å². The second-order valence-corrected chi connectivity index (χ2v) is 6.07. The Morgan fingerprint density at radius 2 is 1.90 bits per heavy atom. The van der Waals surface area contributed by atoms with Crippen LogP contribution in [0.25, 0.3) is 0 Å². The predicted octanol–water partition coefficient (Wildman–Crippen LogP) is 2.06. The van der Waals surface area contributed by atoms with Gasteiger partial charge in [0.05, 0.1) is 5.56 Å². The minimum absolute atomic E-state index is 0.0345. The number of H-pyrrole nitrogens is 2. The Bertz CT molecular complexity index is 794. The standard InChI is InChI=1S/C15H16N2O3/c1-15(2,3)9-4-5-11-8(6-9)7-10-12(18)16-14(19)17-13(10)20-11/h4-6H,7H2,1-3H3,(H2,16,17,18,19). The van der Waals surface area contributed by atoms with E-state index in [9.17, 15) is 9.59 Å². The van der Waals surface area contributed by atoms with Crippen LogP contribution in [0.1, 0.15) is 37.5 Å². The third kappa shape index (κ3) is 2.05. The van der Waals surface area contributed by atoms with Gasteiger partial charge in [-0.3, -0.25) is 14.8 Å². The van der Waals surface area contributed by atoms with E-state index in [0.717, 1.165) is 5.56 Å². The molecule has 2 N–H and O–H groups in total. The molecule has 1 aromatic heterocycles. The molecule has 0 saturated carbocycles. The Kier molecular flexibility index (Phi) is 2.61. The zero-order valence-corrected chi connectivity index (χ0v) is 11.7. The fourth-order valence-electron chi connectivity index (χ4n) is 2.32. The van der Waals surface area contributed by atoms with Crippen LogP contribution in [0.4, 0.5) is 0 Å². The molecule has 3 rings (SSSR count). The molecule has 104 valence electrons. The summed E-state index contributed by atoms with van der Waals surface area (Å²) in [6.07, 6.45) is 0.459. The van der Waals surface area contributed by atoms with Crippen LogP contribution in [0.2, 0.25) is 0 Å². The molecule has 0 spiro atoms. The van der Waals surface area contributed by atoms with Crippen LogP contribution in [-0.4, -0.2) is 9.97 Å². The van der Waals surface area contributed by atoms with Crippen LogP contribution in [0.3, 0.4) is 0 Å². The van der Waals surface area contributed by atoms with Crippen molar-refractivity contribution in [2.24, 2.45) is 0 Å². The van der Waals surface area contributed by atoms with Crippen molar-refractivity contribution in [2.45, 2.75) is 32.6 Å². The number of fused-ring (bicyclic) bond motifs is 2. The number of rotatable bonds is 0. The molecular weight excluding hydrogens is 256 g/mol. The van der Waals surface area contributed by atoms with Gasteiger partial charge in [-0.25, -0.2) is 4.79 Å². The molecule has 0 aliphatic carbocycles. The summed E-state index contributed by atoms with van der Waals surface area (Å²) in [6.45, 7) is 6.41. The van der Waals surface area contributed by atoms with E-state index in [1.54, 1.807) is 0 Å². The first-order valence-electron chi connectivity index (χ1n) is 6.51. The van der Waals surface area contributed by atoms with E-state index in [2.05, 4.69) is 36.8 Å². The van der Waals surface area contributed by atoms with Crippen LogP contribution in [0, 0.1) is 0 Å². The summed E-state index contributed by atoms with van der Waals surface area (Å²) >= 11 is 0. The van der Waals surface area contributed by atoms with E-state index in [4.69, 9.17) is 4.74 Å². The molecule has 0 bridgehead atoms. The van der Waals surface area contributed by atoms with Crippen LogP contribution < -0.4 is 16.0 Å². The van der Waals surface area contributed by atoms with Gasteiger partial charge in [-0.1, -0.05) is 32.9 Å². The lowest BCUT2D eigenvalue weighted by Gasteiger charge is -2.23. The highest BCUT2D eigenvalue weighted by molar-refractivity contribution is 5.48. The summed E-state index contributed by atoms with van der Waals surface area (Å²) in [5.41, 5.74) is 1.70. The zero-order valence-electron chi connectivity index (χ0n) is 11.7. The van der Waals surface area contributed by atoms with Crippen molar-refractivity contribution >= 4 is 0 Å². The fourth-order valence-corrected chi connectivity index (χ4v) is 2.32. The SMILES string of the molecule is CC(C)(C)c1ccc2c(c1)Cc1c([nH]c(=O)[nH]c1=O)O2. The van der Waals surface area contributed by atoms with Gasteiger partial charge in [-0.15, -0.1) is 0 Å². The fraction of sp³-hybridized carbons (Fsp3) is 0.333. The Balaban J connectivity index is 2.12. The minimum atomic E-state index is -0.552. The highest BCUT2D eigenvalue weighted by Gasteiger charge is 2.23. The second kappa shape index (κ2) is 4.10. The van der Waals surface area contributed by atoms with Gasteiger partial charge in [0.2, 0.25) is 5.88 Å². The first kappa shape index (κ1) is 12.7. The summed E-state index contributed by atoms with van der Waals surface area (Å²) in [5, 5.41) is 0. The van der Waals surface area contributed by atoms with Crippen molar-refractivity contribution in [2.75, 3.05) is 0 Å². The van der Waals surface area contributed by atoms with Gasteiger partial charge in [0.15, 0.2) is 0 Å². The van der Waals surface area contributed by atoms with Crippen molar-refractivity contribution in [3.63, 3.8) is 0 Å². The Morgan fingerprint density at radius 3 is 2.60 bits per heavy atom. The molecule has 0 saturated heterocycles. The predicted molar refractivity (Wildman–Crippen MR) is 75.7 cm³/mol. The number of aromatic nitrogens is 2. The molecule has 0 amide bonds. The highest BCUT2D eigenvalue weighted by atomic mass is 16.5. The maximum Gasteiger partial charge on any atom is 0.328 e. The summed E-state index contributed by atoms with van der Waals surface area (Å²) in [7, 11) is 0. The topological polar surface area (TPSA) is 75.0 Å². The molecule has 1 aliphatic rings. The monoisotopic (exact) mass is 272 g/mol. The van der Waals surface area contributed by atoms with E-state index in [1.807, 2.05) is 12.1 Å². The average Bonchev–Trinajstić information content (AvgIpc) is 2.35.